The molecule has 1 aliphatic rings. The van der Waals surface area contributed by atoms with Gasteiger partial charge >= 0.3 is 0 Å². The second-order valence-corrected chi connectivity index (χ2v) is 6.02. The molecule has 0 aliphatic carbocycles. The van der Waals surface area contributed by atoms with Gasteiger partial charge in [0, 0.05) is 19.6 Å². The summed E-state index contributed by atoms with van der Waals surface area (Å²) in [5.41, 5.74) is 1.15. The molecule has 1 saturated heterocycles. The van der Waals surface area contributed by atoms with E-state index in [1.165, 1.54) is 19.4 Å². The number of pyridine rings is 1. The third-order valence-electron chi connectivity index (χ3n) is 3.84. The molecule has 1 aliphatic heterocycles. The van der Waals surface area contributed by atoms with Crippen LogP contribution in [-0.2, 0) is 6.54 Å². The topological polar surface area (TPSA) is 28.2 Å². The lowest BCUT2D eigenvalue weighted by Gasteiger charge is -2.18. The van der Waals surface area contributed by atoms with E-state index in [9.17, 15) is 0 Å². The van der Waals surface area contributed by atoms with E-state index in [0.29, 0.717) is 5.92 Å². The Balaban J connectivity index is 1.92. The molecule has 19 heavy (non-hydrogen) atoms. The molecule has 2 heterocycles. The molecule has 0 aromatic carbocycles. The first-order valence-electron chi connectivity index (χ1n) is 7.60. The average molecular weight is 261 g/mol. The zero-order valence-electron chi connectivity index (χ0n) is 12.5. The average Bonchev–Trinajstić information content (AvgIpc) is 2.87. The molecule has 0 spiro atoms. The van der Waals surface area contributed by atoms with E-state index in [0.717, 1.165) is 37.1 Å². The van der Waals surface area contributed by atoms with Crippen LogP contribution < -0.4 is 10.2 Å². The fourth-order valence-electron chi connectivity index (χ4n) is 2.60. The molecule has 3 heteroatoms. The Morgan fingerprint density at radius 1 is 1.42 bits per heavy atom. The molecule has 106 valence electrons. The predicted molar refractivity (Wildman–Crippen MR) is 81.4 cm³/mol. The molecule has 1 atom stereocenters. The minimum absolute atomic E-state index is 0.687. The molecule has 1 N–H and O–H groups in total. The van der Waals surface area contributed by atoms with E-state index >= 15 is 0 Å². The van der Waals surface area contributed by atoms with Gasteiger partial charge in [0.15, 0.2) is 0 Å². The molecule has 1 fully saturated rings. The van der Waals surface area contributed by atoms with Gasteiger partial charge in [0.2, 0.25) is 0 Å². The van der Waals surface area contributed by atoms with Gasteiger partial charge in [-0.15, -0.1) is 0 Å². The Kier molecular flexibility index (Phi) is 5.20. The molecule has 0 bridgehead atoms. The van der Waals surface area contributed by atoms with Crippen LogP contribution in [0.5, 0.6) is 0 Å². The van der Waals surface area contributed by atoms with Crippen LogP contribution in [0.4, 0.5) is 5.82 Å². The van der Waals surface area contributed by atoms with E-state index in [-0.39, 0.29) is 0 Å². The molecule has 1 aromatic rings. The monoisotopic (exact) mass is 261 g/mol. The molecular formula is C16H27N3. The van der Waals surface area contributed by atoms with Crippen molar-refractivity contribution in [2.75, 3.05) is 24.5 Å². The second-order valence-electron chi connectivity index (χ2n) is 6.02. The van der Waals surface area contributed by atoms with Crippen LogP contribution in [0.15, 0.2) is 18.2 Å². The Bertz CT molecular complexity index is 389. The first-order chi connectivity index (χ1) is 9.19. The largest absolute Gasteiger partial charge is 0.356 e. The van der Waals surface area contributed by atoms with Gasteiger partial charge in [0.05, 0.1) is 5.69 Å². The van der Waals surface area contributed by atoms with Crippen molar-refractivity contribution in [1.29, 1.82) is 0 Å². The van der Waals surface area contributed by atoms with Crippen molar-refractivity contribution in [2.24, 2.45) is 11.8 Å². The quantitative estimate of drug-likeness (QED) is 0.853. The van der Waals surface area contributed by atoms with Crippen LogP contribution in [0.2, 0.25) is 0 Å². The highest BCUT2D eigenvalue weighted by Gasteiger charge is 2.21. The maximum atomic E-state index is 4.78. The molecule has 0 amide bonds. The number of aromatic nitrogens is 1. The lowest BCUT2D eigenvalue weighted by atomic mass is 10.1. The van der Waals surface area contributed by atoms with Crippen molar-refractivity contribution in [3.8, 4) is 0 Å². The minimum Gasteiger partial charge on any atom is -0.356 e. The van der Waals surface area contributed by atoms with Crippen molar-refractivity contribution in [1.82, 2.24) is 10.3 Å². The Labute approximate surface area is 117 Å². The Hall–Kier alpha value is -1.09. The fraction of sp³-hybridized carbons (Fsp3) is 0.688. The molecule has 1 aromatic heterocycles. The number of nitrogens with zero attached hydrogens (tertiary/aromatic N) is 2. The predicted octanol–water partition coefficient (Wildman–Crippen LogP) is 3.06. The van der Waals surface area contributed by atoms with Crippen molar-refractivity contribution in [3.63, 3.8) is 0 Å². The van der Waals surface area contributed by atoms with Crippen molar-refractivity contribution < 1.29 is 0 Å². The van der Waals surface area contributed by atoms with Crippen molar-refractivity contribution >= 4 is 5.82 Å². The number of hydrogen-bond acceptors (Lipinski definition) is 3. The third kappa shape index (κ3) is 4.20. The first kappa shape index (κ1) is 14.3. The molecule has 2 rings (SSSR count). The Morgan fingerprint density at radius 2 is 2.26 bits per heavy atom. The SMILES string of the molecule is CCC1CCN(c2cccc(CNCC(C)C)n2)C1. The fourth-order valence-corrected chi connectivity index (χ4v) is 2.60. The highest BCUT2D eigenvalue weighted by atomic mass is 15.2. The van der Waals surface area contributed by atoms with Crippen molar-refractivity contribution in [3.05, 3.63) is 23.9 Å². The van der Waals surface area contributed by atoms with Crippen LogP contribution in [0, 0.1) is 11.8 Å². The Morgan fingerprint density at radius 3 is 2.95 bits per heavy atom. The number of rotatable bonds is 6. The molecule has 0 saturated carbocycles. The molecule has 3 nitrogen and oxygen atoms in total. The summed E-state index contributed by atoms with van der Waals surface area (Å²) in [6, 6.07) is 6.39. The summed E-state index contributed by atoms with van der Waals surface area (Å²) in [4.78, 5) is 7.21. The summed E-state index contributed by atoms with van der Waals surface area (Å²) in [6.07, 6.45) is 2.60. The normalized spacial score (nSPS) is 19.4. The number of nitrogens with one attached hydrogen (secondary N) is 1. The smallest absolute Gasteiger partial charge is 0.128 e. The van der Waals surface area contributed by atoms with E-state index in [1.54, 1.807) is 0 Å². The summed E-state index contributed by atoms with van der Waals surface area (Å²) >= 11 is 0. The van der Waals surface area contributed by atoms with Crippen LogP contribution in [-0.4, -0.2) is 24.6 Å². The molecule has 0 radical (unpaired) electrons. The highest BCUT2D eigenvalue weighted by molar-refractivity contribution is 5.40. The number of anilines is 1. The van der Waals surface area contributed by atoms with Crippen LogP contribution in [0.25, 0.3) is 0 Å². The summed E-state index contributed by atoms with van der Waals surface area (Å²) < 4.78 is 0. The van der Waals surface area contributed by atoms with E-state index in [1.807, 2.05) is 0 Å². The van der Waals surface area contributed by atoms with Gasteiger partial charge in [-0.1, -0.05) is 33.3 Å². The van der Waals surface area contributed by atoms with Crippen molar-refractivity contribution in [2.45, 2.75) is 40.2 Å². The highest BCUT2D eigenvalue weighted by Crippen LogP contribution is 2.24. The number of hydrogen-bond donors (Lipinski definition) is 1. The lowest BCUT2D eigenvalue weighted by molar-refractivity contribution is 0.548. The first-order valence-corrected chi connectivity index (χ1v) is 7.60. The van der Waals surface area contributed by atoms with Crippen LogP contribution in [0.1, 0.15) is 39.3 Å². The molecule has 1 unspecified atom stereocenters. The van der Waals surface area contributed by atoms with E-state index in [4.69, 9.17) is 4.98 Å². The zero-order chi connectivity index (χ0) is 13.7. The van der Waals surface area contributed by atoms with E-state index < -0.39 is 0 Å². The standard InChI is InChI=1S/C16H27N3/c1-4-14-8-9-19(12-14)16-7-5-6-15(18-16)11-17-10-13(2)3/h5-7,13-14,17H,4,8-12H2,1-3H3. The van der Waals surface area contributed by atoms with Crippen LogP contribution in [0.3, 0.4) is 0 Å². The summed E-state index contributed by atoms with van der Waals surface area (Å²) in [6.45, 7) is 11.0. The second kappa shape index (κ2) is 6.90. The maximum Gasteiger partial charge on any atom is 0.128 e. The van der Waals surface area contributed by atoms with Crippen LogP contribution >= 0.6 is 0 Å². The third-order valence-corrected chi connectivity index (χ3v) is 3.84. The summed E-state index contributed by atoms with van der Waals surface area (Å²) in [5, 5.41) is 3.46. The minimum atomic E-state index is 0.687. The summed E-state index contributed by atoms with van der Waals surface area (Å²) in [7, 11) is 0. The zero-order valence-corrected chi connectivity index (χ0v) is 12.5. The van der Waals surface area contributed by atoms with Gasteiger partial charge in [0.1, 0.15) is 5.82 Å². The molecular weight excluding hydrogens is 234 g/mol. The maximum absolute atomic E-state index is 4.78. The van der Waals surface area contributed by atoms with Gasteiger partial charge in [-0.2, -0.15) is 0 Å². The summed E-state index contributed by atoms with van der Waals surface area (Å²) in [5.74, 6) is 2.69. The van der Waals surface area contributed by atoms with Gasteiger partial charge in [0.25, 0.3) is 0 Å². The van der Waals surface area contributed by atoms with Gasteiger partial charge in [-0.3, -0.25) is 0 Å². The van der Waals surface area contributed by atoms with Gasteiger partial charge in [-0.25, -0.2) is 4.98 Å². The lowest BCUT2D eigenvalue weighted by Crippen LogP contribution is -2.23. The van der Waals surface area contributed by atoms with E-state index in [2.05, 4.69) is 49.2 Å². The van der Waals surface area contributed by atoms with Gasteiger partial charge in [-0.05, 0) is 36.9 Å². The van der Waals surface area contributed by atoms with Gasteiger partial charge < -0.3 is 10.2 Å².